The molecule has 0 aromatic rings. The Bertz CT molecular complexity index is 460. The smallest absolute Gasteiger partial charge is 0.485 e. The van der Waals surface area contributed by atoms with E-state index < -0.39 is 23.7 Å². The van der Waals surface area contributed by atoms with E-state index in [2.05, 4.69) is 32.0 Å². The minimum absolute atomic E-state index is 0.650. The highest BCUT2D eigenvalue weighted by Crippen LogP contribution is 2.23. The van der Waals surface area contributed by atoms with Gasteiger partial charge in [-0.25, -0.2) is 8.42 Å². The lowest BCUT2D eigenvalue weighted by Gasteiger charge is -2.13. The van der Waals surface area contributed by atoms with E-state index in [9.17, 15) is 13.2 Å². The van der Waals surface area contributed by atoms with Gasteiger partial charge in [-0.3, -0.25) is 0 Å². The fraction of sp³-hybridized carbons (Fsp3) is 0.846. The standard InChI is InChI=1S/C12H25SSi.CHF3O3S/c1-13(11-14(2,3)4)10-9-12-7-5-6-8-12;2-1(3,4)8(5,6)7/h9H,5-8,10-11H2,1-4H3;(H,5,6,7)/q+1;/p-1. The lowest BCUT2D eigenvalue weighted by Crippen LogP contribution is -2.32. The van der Waals surface area contributed by atoms with Gasteiger partial charge in [0.25, 0.3) is 0 Å². The molecule has 0 radical (unpaired) electrons. The second kappa shape index (κ2) is 8.75. The third-order valence-electron chi connectivity index (χ3n) is 2.87. The normalized spacial score (nSPS) is 17.7. The van der Waals surface area contributed by atoms with Crippen LogP contribution < -0.4 is 0 Å². The second-order valence-corrected chi connectivity index (χ2v) is 16.2. The molecule has 3 nitrogen and oxygen atoms in total. The van der Waals surface area contributed by atoms with E-state index in [1.54, 1.807) is 5.57 Å². The monoisotopic (exact) mass is 378 g/mol. The molecule has 0 amide bonds. The van der Waals surface area contributed by atoms with Gasteiger partial charge in [0.15, 0.2) is 10.1 Å². The molecule has 0 aliphatic heterocycles. The molecular formula is C13H25F3O3S2Si. The summed E-state index contributed by atoms with van der Waals surface area (Å²) in [7, 11) is -6.25. The zero-order valence-electron chi connectivity index (χ0n) is 13.5. The molecule has 0 aromatic heterocycles. The maximum absolute atomic E-state index is 10.7. The summed E-state index contributed by atoms with van der Waals surface area (Å²) >= 11 is 0. The molecule has 1 unspecified atom stereocenters. The third kappa shape index (κ3) is 10.7. The maximum Gasteiger partial charge on any atom is 0.485 e. The van der Waals surface area contributed by atoms with Crippen molar-refractivity contribution in [3.63, 3.8) is 0 Å². The van der Waals surface area contributed by atoms with Gasteiger partial charge in [-0.05, 0) is 42.7 Å². The Morgan fingerprint density at radius 3 is 1.95 bits per heavy atom. The van der Waals surface area contributed by atoms with Gasteiger partial charge in [-0.15, -0.1) is 0 Å². The Kier molecular flexibility index (Phi) is 8.75. The highest BCUT2D eigenvalue weighted by molar-refractivity contribution is 7.97. The van der Waals surface area contributed by atoms with Gasteiger partial charge in [0.2, 0.25) is 0 Å². The first-order valence-electron chi connectivity index (χ1n) is 7.01. The van der Waals surface area contributed by atoms with Crippen LogP contribution in [-0.2, 0) is 21.0 Å². The number of alkyl halides is 3. The van der Waals surface area contributed by atoms with Crippen molar-refractivity contribution in [3.8, 4) is 0 Å². The molecule has 9 heteroatoms. The van der Waals surface area contributed by atoms with E-state index in [1.165, 1.54) is 36.8 Å². The van der Waals surface area contributed by atoms with Gasteiger partial charge in [-0.2, -0.15) is 13.2 Å². The van der Waals surface area contributed by atoms with Crippen molar-refractivity contribution in [1.29, 1.82) is 0 Å². The van der Waals surface area contributed by atoms with Gasteiger partial charge in [0.05, 0.1) is 11.6 Å². The van der Waals surface area contributed by atoms with Crippen LogP contribution in [0.15, 0.2) is 11.6 Å². The number of rotatable bonds is 4. The number of hydrogen-bond acceptors (Lipinski definition) is 3. The molecule has 1 saturated carbocycles. The Hall–Kier alpha value is 0.00688. The number of allylic oxidation sites excluding steroid dienone is 1. The molecule has 132 valence electrons. The molecule has 0 aromatic carbocycles. The maximum atomic E-state index is 10.7. The van der Waals surface area contributed by atoms with Crippen LogP contribution in [0.25, 0.3) is 0 Å². The zero-order chi connectivity index (χ0) is 17.6. The Morgan fingerprint density at radius 1 is 1.23 bits per heavy atom. The van der Waals surface area contributed by atoms with Crippen molar-refractivity contribution >= 4 is 29.1 Å². The van der Waals surface area contributed by atoms with Crippen molar-refractivity contribution in [2.75, 3.05) is 17.4 Å². The van der Waals surface area contributed by atoms with Crippen LogP contribution in [-0.4, -0.2) is 43.9 Å². The summed E-state index contributed by atoms with van der Waals surface area (Å²) in [5.41, 5.74) is -3.90. The fourth-order valence-corrected chi connectivity index (χ4v) is 9.00. The molecule has 1 rings (SSSR count). The Balaban J connectivity index is 0.000000472. The van der Waals surface area contributed by atoms with Crippen LogP contribution in [0.4, 0.5) is 13.2 Å². The van der Waals surface area contributed by atoms with Gasteiger partial charge in [-0.1, -0.05) is 25.2 Å². The molecule has 1 aliphatic carbocycles. The summed E-state index contributed by atoms with van der Waals surface area (Å²) in [5, 5.41) is 1.51. The largest absolute Gasteiger partial charge is 0.741 e. The zero-order valence-corrected chi connectivity index (χ0v) is 16.1. The van der Waals surface area contributed by atoms with Crippen LogP contribution >= 0.6 is 0 Å². The summed E-state index contributed by atoms with van der Waals surface area (Å²) in [6.07, 6.45) is 10.7. The molecule has 0 saturated heterocycles. The molecule has 0 N–H and O–H groups in total. The average molecular weight is 379 g/mol. The van der Waals surface area contributed by atoms with Crippen molar-refractivity contribution in [2.45, 2.75) is 50.8 Å². The van der Waals surface area contributed by atoms with Crippen LogP contribution in [0.5, 0.6) is 0 Å². The topological polar surface area (TPSA) is 57.2 Å². The van der Waals surface area contributed by atoms with Crippen LogP contribution in [0.3, 0.4) is 0 Å². The quantitative estimate of drug-likeness (QED) is 0.247. The first kappa shape index (κ1) is 22.0. The summed E-state index contributed by atoms with van der Waals surface area (Å²) in [5.74, 6) is 1.36. The lowest BCUT2D eigenvalue weighted by molar-refractivity contribution is -0.0517. The second-order valence-electron chi connectivity index (χ2n) is 6.62. The molecule has 1 fully saturated rings. The van der Waals surface area contributed by atoms with E-state index in [0.29, 0.717) is 10.9 Å². The SMILES string of the molecule is C[S+](CC=C1CCCC1)C[Si](C)(C)C.O=S(=O)([O-])C(F)(F)F. The van der Waals surface area contributed by atoms with Crippen LogP contribution in [0, 0.1) is 0 Å². The molecule has 0 bridgehead atoms. The Morgan fingerprint density at radius 2 is 1.64 bits per heavy atom. The predicted octanol–water partition coefficient (Wildman–Crippen LogP) is 3.66. The molecular weight excluding hydrogens is 353 g/mol. The van der Waals surface area contributed by atoms with Gasteiger partial charge >= 0.3 is 5.51 Å². The van der Waals surface area contributed by atoms with Gasteiger partial charge in [0, 0.05) is 0 Å². The van der Waals surface area contributed by atoms with E-state index in [-0.39, 0.29) is 0 Å². The first-order chi connectivity index (χ1) is 9.72. The van der Waals surface area contributed by atoms with Crippen molar-refractivity contribution in [1.82, 2.24) is 0 Å². The molecule has 1 atom stereocenters. The first-order valence-corrected chi connectivity index (χ1v) is 14.1. The summed E-state index contributed by atoms with van der Waals surface area (Å²) in [6.45, 7) is 7.46. The fourth-order valence-electron chi connectivity index (χ4n) is 2.09. The summed E-state index contributed by atoms with van der Waals surface area (Å²) in [6, 6.07) is 0. The average Bonchev–Trinajstić information content (AvgIpc) is 2.74. The molecule has 1 aliphatic rings. The molecule has 22 heavy (non-hydrogen) atoms. The summed E-state index contributed by atoms with van der Waals surface area (Å²) < 4.78 is 58.9. The number of halogens is 3. The number of hydrogen-bond donors (Lipinski definition) is 0. The van der Waals surface area contributed by atoms with Gasteiger partial charge in [0.1, 0.15) is 13.8 Å². The third-order valence-corrected chi connectivity index (χ3v) is 9.60. The van der Waals surface area contributed by atoms with Crippen LogP contribution in [0.1, 0.15) is 25.7 Å². The van der Waals surface area contributed by atoms with Crippen molar-refractivity contribution in [3.05, 3.63) is 11.6 Å². The lowest BCUT2D eigenvalue weighted by atomic mass is 10.2. The highest BCUT2D eigenvalue weighted by Gasteiger charge is 2.36. The minimum atomic E-state index is -6.09. The van der Waals surface area contributed by atoms with Crippen LogP contribution in [0.2, 0.25) is 19.6 Å². The molecule has 0 heterocycles. The minimum Gasteiger partial charge on any atom is -0.741 e. The van der Waals surface area contributed by atoms with E-state index in [0.717, 1.165) is 0 Å². The predicted molar refractivity (Wildman–Crippen MR) is 88.7 cm³/mol. The van der Waals surface area contributed by atoms with E-state index in [4.69, 9.17) is 13.0 Å². The van der Waals surface area contributed by atoms with E-state index in [1.807, 2.05) is 0 Å². The summed E-state index contributed by atoms with van der Waals surface area (Å²) in [4.78, 5) is 0. The van der Waals surface area contributed by atoms with Crippen molar-refractivity contribution in [2.24, 2.45) is 0 Å². The van der Waals surface area contributed by atoms with E-state index >= 15 is 0 Å². The highest BCUT2D eigenvalue weighted by atomic mass is 32.2. The Labute approximate surface area is 135 Å². The molecule has 0 spiro atoms. The van der Waals surface area contributed by atoms with Gasteiger partial charge < -0.3 is 4.55 Å². The van der Waals surface area contributed by atoms with Crippen molar-refractivity contribution < 1.29 is 26.1 Å².